The van der Waals surface area contributed by atoms with Crippen LogP contribution in [-0.2, 0) is 4.79 Å². The Morgan fingerprint density at radius 1 is 0.919 bits per heavy atom. The van der Waals surface area contributed by atoms with Crippen molar-refractivity contribution in [2.45, 2.75) is 49.7 Å². The second-order valence-electron chi connectivity index (χ2n) is 10.4. The number of carbonyl (C=O) groups is 1. The number of hydrogen-bond acceptors (Lipinski definition) is 5. The average Bonchev–Trinajstić information content (AvgIpc) is 2.94. The first kappa shape index (κ1) is 23.9. The number of fused-ring (bicyclic) bond motifs is 3. The Morgan fingerprint density at radius 3 is 2.30 bits per heavy atom. The summed E-state index contributed by atoms with van der Waals surface area (Å²) in [6, 6.07) is 21.1. The van der Waals surface area contributed by atoms with Crippen molar-refractivity contribution in [2.75, 3.05) is 20.8 Å². The van der Waals surface area contributed by atoms with Gasteiger partial charge < -0.3 is 24.2 Å². The number of para-hydroxylation sites is 2. The molecule has 2 fully saturated rings. The highest BCUT2D eigenvalue weighted by Gasteiger charge is 2.52. The predicted octanol–water partition coefficient (Wildman–Crippen LogP) is 5.84. The number of benzene rings is 3. The molecule has 2 aliphatic heterocycles. The van der Waals surface area contributed by atoms with Crippen molar-refractivity contribution in [3.63, 3.8) is 0 Å². The molecule has 37 heavy (non-hydrogen) atoms. The highest BCUT2D eigenvalue weighted by Crippen LogP contribution is 2.53. The number of ether oxygens (including phenoxy) is 3. The van der Waals surface area contributed by atoms with Gasteiger partial charge in [-0.15, -0.1) is 0 Å². The molecular weight excluding hydrogens is 466 g/mol. The number of rotatable bonds is 4. The van der Waals surface area contributed by atoms with Crippen LogP contribution < -0.4 is 14.2 Å². The average molecular weight is 500 g/mol. The van der Waals surface area contributed by atoms with Gasteiger partial charge in [-0.25, -0.2) is 0 Å². The van der Waals surface area contributed by atoms with Crippen LogP contribution in [0.25, 0.3) is 0 Å². The van der Waals surface area contributed by atoms with Gasteiger partial charge in [0.25, 0.3) is 0 Å². The van der Waals surface area contributed by atoms with Gasteiger partial charge in [0.15, 0.2) is 0 Å². The quantitative estimate of drug-likeness (QED) is 0.489. The fourth-order valence-corrected chi connectivity index (χ4v) is 6.72. The molecule has 3 aliphatic rings. The molecule has 0 unspecified atom stereocenters. The van der Waals surface area contributed by atoms with Gasteiger partial charge in [-0.2, -0.15) is 0 Å². The minimum absolute atomic E-state index is 0.0266. The number of piperidine rings is 1. The summed E-state index contributed by atoms with van der Waals surface area (Å²) in [5.74, 6) is 2.26. The molecule has 0 spiro atoms. The summed E-state index contributed by atoms with van der Waals surface area (Å²) >= 11 is 0. The van der Waals surface area contributed by atoms with Crippen molar-refractivity contribution in [1.82, 2.24) is 4.90 Å². The zero-order chi connectivity index (χ0) is 25.6. The maximum Gasteiger partial charge on any atom is 0.235 e. The largest absolute Gasteiger partial charge is 0.497 e. The van der Waals surface area contributed by atoms with Crippen molar-refractivity contribution in [3.05, 3.63) is 83.4 Å². The summed E-state index contributed by atoms with van der Waals surface area (Å²) in [6.45, 7) is 0.480. The van der Waals surface area contributed by atoms with Gasteiger partial charge >= 0.3 is 0 Å². The molecule has 0 bridgehead atoms. The van der Waals surface area contributed by atoms with E-state index in [0.717, 1.165) is 42.4 Å². The van der Waals surface area contributed by atoms with Gasteiger partial charge in [0.05, 0.1) is 31.8 Å². The molecular formula is C31H33NO5. The third-order valence-electron chi connectivity index (χ3n) is 8.54. The van der Waals surface area contributed by atoms with E-state index in [0.29, 0.717) is 36.0 Å². The minimum Gasteiger partial charge on any atom is -0.497 e. The molecule has 6 heteroatoms. The van der Waals surface area contributed by atoms with Crippen LogP contribution >= 0.6 is 0 Å². The minimum atomic E-state index is -0.796. The first-order valence-corrected chi connectivity index (χ1v) is 13.1. The Balaban J connectivity index is 1.48. The molecule has 0 aromatic heterocycles. The number of likely N-dealkylation sites (tertiary alicyclic amines) is 1. The molecule has 0 radical (unpaired) electrons. The van der Waals surface area contributed by atoms with Gasteiger partial charge in [-0.05, 0) is 43.5 Å². The van der Waals surface area contributed by atoms with Gasteiger partial charge in [-0.1, -0.05) is 49.2 Å². The van der Waals surface area contributed by atoms with Crippen LogP contribution in [0.4, 0.5) is 0 Å². The fourth-order valence-electron chi connectivity index (χ4n) is 6.72. The van der Waals surface area contributed by atoms with E-state index < -0.39 is 11.5 Å². The molecule has 3 aromatic carbocycles. The van der Waals surface area contributed by atoms with E-state index in [1.165, 1.54) is 0 Å². The first-order valence-electron chi connectivity index (χ1n) is 13.1. The lowest BCUT2D eigenvalue weighted by Gasteiger charge is -2.53. The summed E-state index contributed by atoms with van der Waals surface area (Å²) in [7, 11) is 3.27. The Bertz CT molecular complexity index is 1280. The second kappa shape index (κ2) is 9.42. The lowest BCUT2D eigenvalue weighted by Crippen LogP contribution is -2.57. The fraction of sp³-hybridized carbons (Fsp3) is 0.387. The van der Waals surface area contributed by atoms with Crippen LogP contribution in [0.1, 0.15) is 60.8 Å². The molecule has 1 saturated carbocycles. The zero-order valence-corrected chi connectivity index (χ0v) is 21.4. The van der Waals surface area contributed by atoms with Gasteiger partial charge in [0.2, 0.25) is 5.91 Å². The van der Waals surface area contributed by atoms with E-state index in [1.54, 1.807) is 14.2 Å². The maximum absolute atomic E-state index is 14.7. The lowest BCUT2D eigenvalue weighted by molar-refractivity contribution is -0.156. The van der Waals surface area contributed by atoms with Crippen molar-refractivity contribution >= 4 is 5.91 Å². The van der Waals surface area contributed by atoms with E-state index in [-0.39, 0.29) is 17.9 Å². The molecule has 3 atom stereocenters. The van der Waals surface area contributed by atoms with Gasteiger partial charge in [0, 0.05) is 35.2 Å². The van der Waals surface area contributed by atoms with Gasteiger partial charge in [0.1, 0.15) is 23.0 Å². The number of carbonyl (C=O) groups excluding carboxylic acids is 1. The second-order valence-corrected chi connectivity index (χ2v) is 10.4. The highest BCUT2D eigenvalue weighted by atomic mass is 16.5. The summed E-state index contributed by atoms with van der Waals surface area (Å²) in [6.07, 6.45) is 4.24. The molecule has 1 aliphatic carbocycles. The molecule has 6 rings (SSSR count). The summed E-state index contributed by atoms with van der Waals surface area (Å²) < 4.78 is 17.4. The van der Waals surface area contributed by atoms with Crippen LogP contribution in [-0.4, -0.2) is 42.3 Å². The van der Waals surface area contributed by atoms with Crippen LogP contribution in [0.3, 0.4) is 0 Å². The van der Waals surface area contributed by atoms with Crippen LogP contribution in [0.2, 0.25) is 0 Å². The van der Waals surface area contributed by atoms with Crippen molar-refractivity contribution in [3.8, 4) is 23.0 Å². The Morgan fingerprint density at radius 2 is 1.62 bits per heavy atom. The van der Waals surface area contributed by atoms with Crippen LogP contribution in [0.15, 0.2) is 66.7 Å². The monoisotopic (exact) mass is 499 g/mol. The predicted molar refractivity (Wildman–Crippen MR) is 140 cm³/mol. The molecule has 192 valence electrons. The van der Waals surface area contributed by atoms with E-state index >= 15 is 0 Å². The molecule has 1 N–H and O–H groups in total. The zero-order valence-electron chi connectivity index (χ0n) is 21.4. The Hall–Kier alpha value is -3.51. The van der Waals surface area contributed by atoms with E-state index in [9.17, 15) is 9.90 Å². The highest BCUT2D eigenvalue weighted by molar-refractivity contribution is 5.90. The first-order chi connectivity index (χ1) is 18.0. The van der Waals surface area contributed by atoms with Crippen molar-refractivity contribution in [1.29, 1.82) is 0 Å². The standard InChI is InChI=1S/C31H33NO5/c1-35-20-14-15-23(27(19-20)36-2)29-24-11-7-8-16-31(24,34)17-18-32(29)30(33)28-21-9-3-5-12-25(21)37-26-13-6-4-10-22(26)28/h3-6,9-10,12-15,19,24,28-29,34H,7-8,11,16-18H2,1-2H3/t24-,29-,31-/m1/s1. The van der Waals surface area contributed by atoms with Crippen molar-refractivity contribution < 1.29 is 24.1 Å². The maximum atomic E-state index is 14.7. The molecule has 1 amide bonds. The van der Waals surface area contributed by atoms with Crippen molar-refractivity contribution in [2.24, 2.45) is 5.92 Å². The number of aliphatic hydroxyl groups is 1. The van der Waals surface area contributed by atoms with E-state index in [1.807, 2.05) is 71.6 Å². The Kier molecular flexibility index (Phi) is 6.07. The smallest absolute Gasteiger partial charge is 0.235 e. The number of nitrogens with zero attached hydrogens (tertiary/aromatic N) is 1. The Labute approximate surface area is 217 Å². The summed E-state index contributed by atoms with van der Waals surface area (Å²) in [5.41, 5.74) is 1.86. The number of hydrogen-bond donors (Lipinski definition) is 1. The van der Waals surface area contributed by atoms with E-state index in [2.05, 4.69) is 0 Å². The normalized spacial score (nSPS) is 24.8. The summed E-state index contributed by atoms with van der Waals surface area (Å²) in [5, 5.41) is 11.8. The third kappa shape index (κ3) is 3.95. The topological polar surface area (TPSA) is 68.2 Å². The lowest BCUT2D eigenvalue weighted by atomic mass is 9.65. The number of amides is 1. The molecule has 1 saturated heterocycles. The van der Waals surface area contributed by atoms with Gasteiger partial charge in [-0.3, -0.25) is 4.79 Å². The summed E-state index contributed by atoms with van der Waals surface area (Å²) in [4.78, 5) is 16.7. The molecule has 2 heterocycles. The molecule has 3 aromatic rings. The SMILES string of the molecule is COc1ccc([C@@H]2[C@H]3CCCC[C@@]3(O)CCN2C(=O)C2c3ccccc3Oc3ccccc32)c(OC)c1. The van der Waals surface area contributed by atoms with Crippen LogP contribution in [0.5, 0.6) is 23.0 Å². The van der Waals surface area contributed by atoms with E-state index in [4.69, 9.17) is 14.2 Å². The third-order valence-corrected chi connectivity index (χ3v) is 8.54. The van der Waals surface area contributed by atoms with Crippen LogP contribution in [0, 0.1) is 5.92 Å². The molecule has 6 nitrogen and oxygen atoms in total. The number of methoxy groups -OCH3 is 2.